The predicted molar refractivity (Wildman–Crippen MR) is 129 cm³/mol. The zero-order chi connectivity index (χ0) is 23.5. The summed E-state index contributed by atoms with van der Waals surface area (Å²) in [6, 6.07) is 5.84. The number of amides is 1. The highest BCUT2D eigenvalue weighted by Gasteiger charge is 2.28. The molecule has 1 amide bonds. The molecule has 1 aromatic carbocycles. The lowest BCUT2D eigenvalue weighted by molar-refractivity contribution is -0.117. The van der Waals surface area contributed by atoms with E-state index in [9.17, 15) is 4.79 Å². The molecule has 2 aromatic heterocycles. The molecule has 0 spiro atoms. The van der Waals surface area contributed by atoms with Gasteiger partial charge in [0, 0.05) is 23.4 Å². The molecule has 174 valence electrons. The summed E-state index contributed by atoms with van der Waals surface area (Å²) < 4.78 is 12.5. The van der Waals surface area contributed by atoms with Gasteiger partial charge < -0.3 is 14.8 Å². The van der Waals surface area contributed by atoms with Crippen molar-refractivity contribution in [1.82, 2.24) is 20.1 Å². The van der Waals surface area contributed by atoms with Crippen LogP contribution in [0.15, 0.2) is 37.1 Å². The maximum Gasteiger partial charge on any atom is 0.243 e. The lowest BCUT2D eigenvalue weighted by atomic mass is 9.97. The maximum absolute atomic E-state index is 11.7. The SMILES string of the molecule is C=CC(=O)NC1CCCC1Cc1ccc2c(cnn2Cc2c(Cl)c(OC)cc(OC)c2Cl)n1. The van der Waals surface area contributed by atoms with Crippen LogP contribution in [0, 0.1) is 5.92 Å². The topological polar surface area (TPSA) is 78.3 Å². The molecule has 0 bridgehead atoms. The van der Waals surface area contributed by atoms with Gasteiger partial charge in [0.1, 0.15) is 17.0 Å². The fourth-order valence-electron chi connectivity index (χ4n) is 4.46. The summed E-state index contributed by atoms with van der Waals surface area (Å²) in [6.07, 6.45) is 7.01. The van der Waals surface area contributed by atoms with E-state index in [-0.39, 0.29) is 11.9 Å². The lowest BCUT2D eigenvalue weighted by Crippen LogP contribution is -2.37. The van der Waals surface area contributed by atoms with E-state index in [2.05, 4.69) is 17.0 Å². The van der Waals surface area contributed by atoms with Crippen molar-refractivity contribution in [3.63, 3.8) is 0 Å². The third-order valence-electron chi connectivity index (χ3n) is 6.17. The Hall–Kier alpha value is -2.77. The summed E-state index contributed by atoms with van der Waals surface area (Å²) in [5.74, 6) is 1.21. The number of nitrogens with zero attached hydrogens (tertiary/aromatic N) is 3. The van der Waals surface area contributed by atoms with Crippen LogP contribution in [0.3, 0.4) is 0 Å². The van der Waals surface area contributed by atoms with Crippen molar-refractivity contribution in [3.8, 4) is 11.5 Å². The average molecular weight is 489 g/mol. The molecule has 4 rings (SSSR count). The first-order chi connectivity index (χ1) is 15.9. The molecule has 1 N–H and O–H groups in total. The molecular weight excluding hydrogens is 463 g/mol. The number of halogens is 2. The molecule has 1 saturated carbocycles. The van der Waals surface area contributed by atoms with Gasteiger partial charge in [0.25, 0.3) is 0 Å². The van der Waals surface area contributed by atoms with E-state index < -0.39 is 0 Å². The molecule has 2 heterocycles. The van der Waals surface area contributed by atoms with Gasteiger partial charge in [-0.1, -0.05) is 36.2 Å². The average Bonchev–Trinajstić information content (AvgIpc) is 3.43. The first-order valence-electron chi connectivity index (χ1n) is 10.8. The number of aromatic nitrogens is 3. The Labute approximate surface area is 202 Å². The van der Waals surface area contributed by atoms with E-state index in [1.807, 2.05) is 12.1 Å². The molecule has 1 fully saturated rings. The van der Waals surface area contributed by atoms with Crippen molar-refractivity contribution < 1.29 is 14.3 Å². The summed E-state index contributed by atoms with van der Waals surface area (Å²) in [5, 5.41) is 8.40. The Bertz CT molecular complexity index is 1170. The molecule has 7 nitrogen and oxygen atoms in total. The number of benzene rings is 1. The Kier molecular flexibility index (Phi) is 7.10. The summed E-state index contributed by atoms with van der Waals surface area (Å²) in [5.41, 5.74) is 3.30. The largest absolute Gasteiger partial charge is 0.495 e. The van der Waals surface area contributed by atoms with Crippen molar-refractivity contribution in [2.45, 2.75) is 38.3 Å². The second kappa shape index (κ2) is 10.0. The molecular formula is C24H26Cl2N4O3. The fraction of sp³-hybridized carbons (Fsp3) is 0.375. The number of ether oxygens (including phenoxy) is 2. The number of methoxy groups -OCH3 is 2. The van der Waals surface area contributed by atoms with Crippen LogP contribution in [-0.4, -0.2) is 40.9 Å². The molecule has 0 radical (unpaired) electrons. The second-order valence-corrected chi connectivity index (χ2v) is 8.87. The Balaban J connectivity index is 1.57. The number of rotatable bonds is 8. The van der Waals surface area contributed by atoms with Crippen molar-refractivity contribution in [3.05, 3.63) is 58.4 Å². The summed E-state index contributed by atoms with van der Waals surface area (Å²) in [7, 11) is 3.09. The maximum atomic E-state index is 11.7. The minimum Gasteiger partial charge on any atom is -0.495 e. The number of carbonyl (C=O) groups is 1. The van der Waals surface area contributed by atoms with Gasteiger partial charge in [-0.3, -0.25) is 9.48 Å². The molecule has 1 aliphatic rings. The van der Waals surface area contributed by atoms with Gasteiger partial charge in [-0.15, -0.1) is 0 Å². The number of carbonyl (C=O) groups excluding carboxylic acids is 1. The van der Waals surface area contributed by atoms with Gasteiger partial charge in [-0.2, -0.15) is 5.10 Å². The standard InChI is InChI=1S/C24H26Cl2N4O3/c1-4-22(31)29-17-7-5-6-14(17)10-15-8-9-19-18(28-15)12-27-30(19)13-16-23(25)20(32-2)11-21(33-3)24(16)26/h4,8-9,11-12,14,17H,1,5-7,10,13H2,2-3H3,(H,29,31). The molecule has 0 aliphatic heterocycles. The summed E-state index contributed by atoms with van der Waals surface area (Å²) in [4.78, 5) is 16.5. The van der Waals surface area contributed by atoms with Gasteiger partial charge in [-0.25, -0.2) is 4.98 Å². The van der Waals surface area contributed by atoms with E-state index in [1.165, 1.54) is 6.08 Å². The predicted octanol–water partition coefficient (Wildman–Crippen LogP) is 4.82. The van der Waals surface area contributed by atoms with Gasteiger partial charge >= 0.3 is 0 Å². The van der Waals surface area contributed by atoms with Crippen molar-refractivity contribution in [2.24, 2.45) is 5.92 Å². The Morgan fingerprint density at radius 3 is 2.64 bits per heavy atom. The Morgan fingerprint density at radius 2 is 1.97 bits per heavy atom. The minimum absolute atomic E-state index is 0.122. The van der Waals surface area contributed by atoms with Crippen LogP contribution in [0.1, 0.15) is 30.5 Å². The normalized spacial score (nSPS) is 17.8. The van der Waals surface area contributed by atoms with Crippen LogP contribution < -0.4 is 14.8 Å². The third kappa shape index (κ3) is 4.80. The first kappa shape index (κ1) is 23.4. The fourth-order valence-corrected chi connectivity index (χ4v) is 5.08. The van der Waals surface area contributed by atoms with Crippen LogP contribution in [0.25, 0.3) is 11.0 Å². The number of nitrogens with one attached hydrogen (secondary N) is 1. The highest BCUT2D eigenvalue weighted by Crippen LogP contribution is 2.41. The van der Waals surface area contributed by atoms with Gasteiger partial charge in [0.05, 0.1) is 42.5 Å². The molecule has 2 atom stereocenters. The van der Waals surface area contributed by atoms with Gasteiger partial charge in [-0.05, 0) is 43.4 Å². The highest BCUT2D eigenvalue weighted by molar-refractivity contribution is 6.37. The van der Waals surface area contributed by atoms with Crippen molar-refractivity contribution in [2.75, 3.05) is 14.2 Å². The molecule has 9 heteroatoms. The zero-order valence-electron chi connectivity index (χ0n) is 18.6. The highest BCUT2D eigenvalue weighted by atomic mass is 35.5. The van der Waals surface area contributed by atoms with E-state index in [4.69, 9.17) is 37.7 Å². The van der Waals surface area contributed by atoms with Crippen LogP contribution in [-0.2, 0) is 17.8 Å². The van der Waals surface area contributed by atoms with E-state index in [0.29, 0.717) is 39.6 Å². The van der Waals surface area contributed by atoms with E-state index in [0.717, 1.165) is 42.4 Å². The molecule has 1 aliphatic carbocycles. The summed E-state index contributed by atoms with van der Waals surface area (Å²) >= 11 is 13.1. The van der Waals surface area contributed by atoms with Crippen LogP contribution >= 0.6 is 23.2 Å². The molecule has 33 heavy (non-hydrogen) atoms. The molecule has 0 saturated heterocycles. The zero-order valence-corrected chi connectivity index (χ0v) is 20.1. The smallest absolute Gasteiger partial charge is 0.243 e. The third-order valence-corrected chi connectivity index (χ3v) is 7.00. The first-order valence-corrected chi connectivity index (χ1v) is 11.5. The number of hydrogen-bond acceptors (Lipinski definition) is 5. The van der Waals surface area contributed by atoms with Crippen LogP contribution in [0.4, 0.5) is 0 Å². The van der Waals surface area contributed by atoms with Crippen LogP contribution in [0.2, 0.25) is 10.0 Å². The van der Waals surface area contributed by atoms with Gasteiger partial charge in [0.15, 0.2) is 0 Å². The van der Waals surface area contributed by atoms with Gasteiger partial charge in [0.2, 0.25) is 5.91 Å². The minimum atomic E-state index is -0.122. The number of hydrogen-bond donors (Lipinski definition) is 1. The quantitative estimate of drug-likeness (QED) is 0.460. The number of fused-ring (bicyclic) bond motifs is 1. The molecule has 2 unspecified atom stereocenters. The molecule has 3 aromatic rings. The van der Waals surface area contributed by atoms with Crippen molar-refractivity contribution >= 4 is 40.1 Å². The number of pyridine rings is 1. The monoisotopic (exact) mass is 488 g/mol. The summed E-state index contributed by atoms with van der Waals surface area (Å²) in [6.45, 7) is 3.89. The van der Waals surface area contributed by atoms with E-state index in [1.54, 1.807) is 31.2 Å². The Morgan fingerprint density at radius 1 is 1.24 bits per heavy atom. The second-order valence-electron chi connectivity index (χ2n) is 8.11. The lowest BCUT2D eigenvalue weighted by Gasteiger charge is -2.20. The van der Waals surface area contributed by atoms with Crippen molar-refractivity contribution in [1.29, 1.82) is 0 Å². The van der Waals surface area contributed by atoms with E-state index >= 15 is 0 Å². The van der Waals surface area contributed by atoms with Crippen LogP contribution in [0.5, 0.6) is 11.5 Å².